The summed E-state index contributed by atoms with van der Waals surface area (Å²) in [6.07, 6.45) is 5.09. The summed E-state index contributed by atoms with van der Waals surface area (Å²) in [5.74, 6) is -0.552. The lowest BCUT2D eigenvalue weighted by Gasteiger charge is -2.19. The average molecular weight is 398 g/mol. The van der Waals surface area contributed by atoms with Crippen LogP contribution in [0.4, 0.5) is 0 Å². The molecule has 0 bridgehead atoms. The molecular weight excluding hydrogens is 372 g/mol. The minimum absolute atomic E-state index is 0.0526. The molecule has 1 aromatic heterocycles. The molecule has 2 aromatic rings. The van der Waals surface area contributed by atoms with E-state index in [1.54, 1.807) is 24.3 Å². The Bertz CT molecular complexity index is 915. The van der Waals surface area contributed by atoms with Crippen LogP contribution in [-0.4, -0.2) is 34.7 Å². The van der Waals surface area contributed by atoms with Crippen LogP contribution < -0.4 is 15.0 Å². The number of rotatable bonds is 10. The van der Waals surface area contributed by atoms with E-state index in [9.17, 15) is 14.4 Å². The summed E-state index contributed by atoms with van der Waals surface area (Å²) in [5.41, 5.74) is 0.863. The Morgan fingerprint density at radius 1 is 0.897 bits per heavy atom. The zero-order chi connectivity index (χ0) is 20.8. The fraction of sp³-hybridized carbons (Fsp3) is 0.409. The summed E-state index contributed by atoms with van der Waals surface area (Å²) in [5, 5.41) is 0. The van der Waals surface area contributed by atoms with Gasteiger partial charge in [-0.25, -0.2) is 0 Å². The molecule has 0 spiro atoms. The minimum Gasteiger partial charge on any atom is -0.488 e. The highest BCUT2D eigenvalue weighted by Gasteiger charge is 2.35. The predicted molar refractivity (Wildman–Crippen MR) is 108 cm³/mol. The molecule has 0 atom stereocenters. The van der Waals surface area contributed by atoms with Crippen molar-refractivity contribution in [2.45, 2.75) is 46.1 Å². The van der Waals surface area contributed by atoms with E-state index in [0.29, 0.717) is 30.0 Å². The highest BCUT2D eigenvalue weighted by Crippen LogP contribution is 2.24. The molecule has 0 unspecified atom stereocenters. The van der Waals surface area contributed by atoms with Crippen molar-refractivity contribution in [3.8, 4) is 5.75 Å². The molecule has 1 aromatic carbocycles. The summed E-state index contributed by atoms with van der Waals surface area (Å²) >= 11 is 0. The number of pyridine rings is 1. The molecule has 0 radical (unpaired) electrons. The van der Waals surface area contributed by atoms with Crippen LogP contribution >= 0.6 is 0 Å². The van der Waals surface area contributed by atoms with Crippen molar-refractivity contribution < 1.29 is 19.2 Å². The number of aromatic nitrogens is 1. The Morgan fingerprint density at radius 2 is 1.52 bits per heavy atom. The van der Waals surface area contributed by atoms with Crippen LogP contribution in [0.2, 0.25) is 0 Å². The molecule has 154 valence electrons. The van der Waals surface area contributed by atoms with Gasteiger partial charge in [-0.15, -0.1) is 0 Å². The molecule has 0 fully saturated rings. The van der Waals surface area contributed by atoms with Gasteiger partial charge in [0.25, 0.3) is 11.8 Å². The fourth-order valence-electron chi connectivity index (χ4n) is 3.06. The Labute approximate surface area is 169 Å². The number of fused-ring (bicyclic) bond motifs is 1. The number of nitrogens with zero attached hydrogens (tertiary/aromatic N) is 2. The van der Waals surface area contributed by atoms with Crippen molar-refractivity contribution in [2.75, 3.05) is 13.2 Å². The molecule has 0 saturated carbocycles. The van der Waals surface area contributed by atoms with Gasteiger partial charge in [0.1, 0.15) is 6.61 Å². The van der Waals surface area contributed by atoms with E-state index >= 15 is 0 Å². The van der Waals surface area contributed by atoms with E-state index < -0.39 is 0 Å². The minimum atomic E-state index is -0.374. The zero-order valence-corrected chi connectivity index (χ0v) is 16.8. The number of carbonyl (C=O) groups excluding carboxylic acids is 2. The van der Waals surface area contributed by atoms with Crippen LogP contribution in [0, 0.1) is 0 Å². The molecule has 7 heteroatoms. The van der Waals surface area contributed by atoms with Gasteiger partial charge in [-0.1, -0.05) is 38.8 Å². The van der Waals surface area contributed by atoms with Crippen molar-refractivity contribution in [1.29, 1.82) is 0 Å². The maximum atomic E-state index is 12.7. The van der Waals surface area contributed by atoms with Gasteiger partial charge in [-0.3, -0.25) is 19.3 Å². The first kappa shape index (κ1) is 20.6. The first-order valence-electron chi connectivity index (χ1n) is 10.0. The van der Waals surface area contributed by atoms with E-state index in [-0.39, 0.29) is 29.5 Å². The van der Waals surface area contributed by atoms with E-state index in [1.165, 1.54) is 17.0 Å². The van der Waals surface area contributed by atoms with Crippen LogP contribution in [0.25, 0.3) is 0 Å². The first-order chi connectivity index (χ1) is 14.1. The molecule has 1 aliphatic rings. The maximum absolute atomic E-state index is 12.7. The molecule has 1 aliphatic heterocycles. The fourth-order valence-corrected chi connectivity index (χ4v) is 3.06. The third-order valence-corrected chi connectivity index (χ3v) is 4.74. The van der Waals surface area contributed by atoms with E-state index in [1.807, 2.05) is 13.8 Å². The van der Waals surface area contributed by atoms with Gasteiger partial charge < -0.3 is 9.57 Å². The zero-order valence-electron chi connectivity index (χ0n) is 16.8. The average Bonchev–Trinajstić information content (AvgIpc) is 2.96. The normalized spacial score (nSPS) is 13.0. The van der Waals surface area contributed by atoms with E-state index in [2.05, 4.69) is 0 Å². The van der Waals surface area contributed by atoms with Crippen molar-refractivity contribution >= 4 is 11.8 Å². The second-order valence-corrected chi connectivity index (χ2v) is 6.95. The van der Waals surface area contributed by atoms with Crippen molar-refractivity contribution in [3.05, 3.63) is 63.6 Å². The van der Waals surface area contributed by atoms with Gasteiger partial charge in [0.05, 0.1) is 36.2 Å². The lowest BCUT2D eigenvalue weighted by molar-refractivity contribution is 0.0600. The van der Waals surface area contributed by atoms with Crippen LogP contribution in [-0.2, 0) is 6.54 Å². The third-order valence-electron chi connectivity index (χ3n) is 4.74. The van der Waals surface area contributed by atoms with Crippen LogP contribution in [0.1, 0.15) is 65.9 Å². The van der Waals surface area contributed by atoms with Crippen molar-refractivity contribution in [3.63, 3.8) is 0 Å². The first-order valence-corrected chi connectivity index (χ1v) is 10.0. The van der Waals surface area contributed by atoms with E-state index in [4.69, 9.17) is 9.57 Å². The summed E-state index contributed by atoms with van der Waals surface area (Å²) in [6.45, 7) is 4.93. The van der Waals surface area contributed by atoms with Crippen molar-refractivity contribution in [2.24, 2.45) is 0 Å². The van der Waals surface area contributed by atoms with Crippen LogP contribution in [0.5, 0.6) is 5.75 Å². The van der Waals surface area contributed by atoms with Crippen LogP contribution in [0.15, 0.2) is 41.3 Å². The number of benzene rings is 1. The van der Waals surface area contributed by atoms with Gasteiger partial charge in [-0.05, 0) is 25.0 Å². The molecule has 2 amide bonds. The molecule has 0 N–H and O–H groups in total. The summed E-state index contributed by atoms with van der Waals surface area (Å²) in [7, 11) is 0. The number of ether oxygens (including phenoxy) is 1. The lowest BCUT2D eigenvalue weighted by atomic mass is 10.1. The van der Waals surface area contributed by atoms with E-state index in [0.717, 1.165) is 30.6 Å². The van der Waals surface area contributed by atoms with Gasteiger partial charge in [0, 0.05) is 6.07 Å². The molecular formula is C22H26N2O5. The Balaban J connectivity index is 1.87. The van der Waals surface area contributed by atoms with Gasteiger partial charge >= 0.3 is 0 Å². The topological polar surface area (TPSA) is 77.8 Å². The number of carbonyl (C=O) groups is 2. The monoisotopic (exact) mass is 398 g/mol. The summed E-state index contributed by atoms with van der Waals surface area (Å²) in [4.78, 5) is 44.7. The predicted octanol–water partition coefficient (Wildman–Crippen LogP) is 3.05. The van der Waals surface area contributed by atoms with Gasteiger partial charge in [-0.2, -0.15) is 4.73 Å². The Hall–Kier alpha value is -3.09. The van der Waals surface area contributed by atoms with Crippen molar-refractivity contribution in [1.82, 2.24) is 9.63 Å². The smallest absolute Gasteiger partial charge is 0.261 e. The molecule has 29 heavy (non-hydrogen) atoms. The summed E-state index contributed by atoms with van der Waals surface area (Å²) < 4.78 is 7.03. The number of amides is 2. The number of hydrogen-bond acceptors (Lipinski definition) is 5. The highest BCUT2D eigenvalue weighted by atomic mass is 16.7. The van der Waals surface area contributed by atoms with Gasteiger partial charge in [0.15, 0.2) is 5.75 Å². The highest BCUT2D eigenvalue weighted by molar-refractivity contribution is 6.21. The molecule has 2 heterocycles. The second-order valence-electron chi connectivity index (χ2n) is 6.95. The summed E-state index contributed by atoms with van der Waals surface area (Å²) in [6, 6.07) is 8.08. The number of imide groups is 1. The Morgan fingerprint density at radius 3 is 2.14 bits per heavy atom. The number of unbranched alkanes of at least 4 members (excludes halogenated alkanes) is 2. The number of hydrogen-bond donors (Lipinski definition) is 0. The lowest BCUT2D eigenvalue weighted by Crippen LogP contribution is -2.32. The molecule has 3 rings (SSSR count). The molecule has 7 nitrogen and oxygen atoms in total. The maximum Gasteiger partial charge on any atom is 0.261 e. The largest absolute Gasteiger partial charge is 0.488 e. The quantitative estimate of drug-likeness (QED) is 0.454. The third kappa shape index (κ3) is 4.50. The molecule has 0 saturated heterocycles. The van der Waals surface area contributed by atoms with Gasteiger partial charge in [0.2, 0.25) is 5.43 Å². The van der Waals surface area contributed by atoms with Crippen LogP contribution in [0.3, 0.4) is 0 Å². The molecule has 0 aliphatic carbocycles. The standard InChI is InChI=1S/C22H26N2O5/c1-3-5-11-28-20-15-24(29-12-6-4-2)16(13-19(20)25)14-23-21(26)17-9-7-8-10-18(17)22(23)27/h7-10,13,15H,3-6,11-12,14H2,1-2H3. The SMILES string of the molecule is CCCCOc1cn(OCCCC)c(CN2C(=O)c3ccccc3C2=O)cc1=O. The second kappa shape index (κ2) is 9.41. The Kier molecular flexibility index (Phi) is 6.69.